The van der Waals surface area contributed by atoms with Crippen molar-refractivity contribution in [3.05, 3.63) is 28.7 Å². The highest BCUT2D eigenvalue weighted by Gasteiger charge is 2.33. The molecule has 1 aromatic carbocycles. The summed E-state index contributed by atoms with van der Waals surface area (Å²) in [5.41, 5.74) is 0.654. The van der Waals surface area contributed by atoms with E-state index in [4.69, 9.17) is 14.2 Å². The van der Waals surface area contributed by atoms with Crippen LogP contribution in [-0.2, 0) is 14.3 Å². The quantitative estimate of drug-likeness (QED) is 0.543. The largest absolute Gasteiger partial charge is 0.493 e. The molecule has 1 heterocycles. The molecule has 0 radical (unpaired) electrons. The van der Waals surface area contributed by atoms with Gasteiger partial charge in [0.05, 0.1) is 18.6 Å². The van der Waals surface area contributed by atoms with Crippen molar-refractivity contribution in [3.8, 4) is 11.5 Å². The fourth-order valence-electron chi connectivity index (χ4n) is 2.16. The first-order chi connectivity index (χ1) is 12.0. The van der Waals surface area contributed by atoms with Gasteiger partial charge in [0, 0.05) is 6.54 Å². The van der Waals surface area contributed by atoms with Crippen molar-refractivity contribution in [1.29, 1.82) is 0 Å². The van der Waals surface area contributed by atoms with Gasteiger partial charge in [-0.3, -0.25) is 14.5 Å². The molecule has 134 valence electrons. The van der Waals surface area contributed by atoms with Crippen molar-refractivity contribution in [3.63, 3.8) is 0 Å². The summed E-state index contributed by atoms with van der Waals surface area (Å²) in [4.78, 5) is 36.9. The zero-order chi connectivity index (χ0) is 18.4. The third-order valence-corrected chi connectivity index (χ3v) is 4.23. The SMILES string of the molecule is CCOC(=O)COc1cc(/C=C2\SC(=O)N(CC)C2=O)ccc1OC. The molecule has 0 spiro atoms. The van der Waals surface area contributed by atoms with Crippen LogP contribution >= 0.6 is 11.8 Å². The Morgan fingerprint density at radius 1 is 1.24 bits per heavy atom. The smallest absolute Gasteiger partial charge is 0.344 e. The summed E-state index contributed by atoms with van der Waals surface area (Å²) in [5.74, 6) is -0.0107. The van der Waals surface area contributed by atoms with Gasteiger partial charge in [0.1, 0.15) is 0 Å². The van der Waals surface area contributed by atoms with E-state index >= 15 is 0 Å². The Kier molecular flexibility index (Phi) is 6.46. The van der Waals surface area contributed by atoms with Crippen LogP contribution in [0.25, 0.3) is 6.08 Å². The highest BCUT2D eigenvalue weighted by Crippen LogP contribution is 2.34. The molecule has 0 atom stereocenters. The molecule has 2 rings (SSSR count). The summed E-state index contributed by atoms with van der Waals surface area (Å²) in [7, 11) is 1.48. The number of amides is 2. The zero-order valence-corrected chi connectivity index (χ0v) is 15.1. The first kappa shape index (κ1) is 18.9. The molecule has 0 aromatic heterocycles. The third-order valence-electron chi connectivity index (χ3n) is 3.33. The number of carbonyl (C=O) groups is 3. The summed E-state index contributed by atoms with van der Waals surface area (Å²) in [6.07, 6.45) is 1.61. The first-order valence-electron chi connectivity index (χ1n) is 7.72. The monoisotopic (exact) mass is 365 g/mol. The van der Waals surface area contributed by atoms with Crippen molar-refractivity contribution in [2.45, 2.75) is 13.8 Å². The summed E-state index contributed by atoms with van der Waals surface area (Å²) in [6.45, 7) is 3.81. The number of likely N-dealkylation sites (N-methyl/N-ethyl adjacent to an activating group) is 1. The second kappa shape index (κ2) is 8.57. The number of esters is 1. The van der Waals surface area contributed by atoms with Crippen LogP contribution in [0.2, 0.25) is 0 Å². The van der Waals surface area contributed by atoms with E-state index in [2.05, 4.69) is 0 Å². The molecule has 1 aromatic rings. The van der Waals surface area contributed by atoms with E-state index in [1.54, 1.807) is 38.1 Å². The Morgan fingerprint density at radius 3 is 2.60 bits per heavy atom. The van der Waals surface area contributed by atoms with Gasteiger partial charge in [-0.1, -0.05) is 6.07 Å². The van der Waals surface area contributed by atoms with Crippen LogP contribution in [0.4, 0.5) is 4.79 Å². The Balaban J connectivity index is 2.21. The Labute approximate surface area is 149 Å². The van der Waals surface area contributed by atoms with E-state index in [1.807, 2.05) is 0 Å². The van der Waals surface area contributed by atoms with Gasteiger partial charge < -0.3 is 14.2 Å². The fraction of sp³-hybridized carbons (Fsp3) is 0.353. The number of thioether (sulfide) groups is 1. The van der Waals surface area contributed by atoms with E-state index in [9.17, 15) is 14.4 Å². The second-order valence-electron chi connectivity index (χ2n) is 4.93. The standard InChI is InChI=1S/C17H19NO6S/c1-4-18-16(20)14(25-17(18)21)9-11-6-7-12(22-3)13(8-11)24-10-15(19)23-5-2/h6-9H,4-5,10H2,1-3H3/b14-9-. The maximum atomic E-state index is 12.1. The molecule has 7 nitrogen and oxygen atoms in total. The lowest BCUT2D eigenvalue weighted by molar-refractivity contribution is -0.145. The second-order valence-corrected chi connectivity index (χ2v) is 5.92. The average molecular weight is 365 g/mol. The molecule has 0 unspecified atom stereocenters. The molecule has 0 aliphatic carbocycles. The van der Waals surface area contributed by atoms with Crippen LogP contribution < -0.4 is 9.47 Å². The molecule has 1 aliphatic heterocycles. The molecule has 0 saturated carbocycles. The van der Waals surface area contributed by atoms with Crippen molar-refractivity contribution in [2.75, 3.05) is 26.9 Å². The topological polar surface area (TPSA) is 82.1 Å². The lowest BCUT2D eigenvalue weighted by Gasteiger charge is -2.11. The van der Waals surface area contributed by atoms with E-state index in [1.165, 1.54) is 12.0 Å². The maximum Gasteiger partial charge on any atom is 0.344 e. The van der Waals surface area contributed by atoms with E-state index in [-0.39, 0.29) is 24.4 Å². The van der Waals surface area contributed by atoms with Gasteiger partial charge in [-0.2, -0.15) is 0 Å². The number of benzene rings is 1. The molecule has 1 aliphatic rings. The van der Waals surface area contributed by atoms with Crippen LogP contribution in [0.3, 0.4) is 0 Å². The molecular formula is C17H19NO6S. The van der Waals surface area contributed by atoms with Crippen LogP contribution in [0, 0.1) is 0 Å². The van der Waals surface area contributed by atoms with Crippen LogP contribution in [0.1, 0.15) is 19.4 Å². The summed E-state index contributed by atoms with van der Waals surface area (Å²) < 4.78 is 15.5. The molecule has 25 heavy (non-hydrogen) atoms. The van der Waals surface area contributed by atoms with Crippen LogP contribution in [-0.4, -0.2) is 48.9 Å². The normalized spacial score (nSPS) is 15.6. The van der Waals surface area contributed by atoms with Crippen molar-refractivity contribution >= 4 is 35.0 Å². The van der Waals surface area contributed by atoms with Gasteiger partial charge in [0.25, 0.3) is 11.1 Å². The maximum absolute atomic E-state index is 12.1. The minimum absolute atomic E-state index is 0.250. The average Bonchev–Trinajstić information content (AvgIpc) is 2.86. The van der Waals surface area contributed by atoms with E-state index in [0.29, 0.717) is 28.5 Å². The summed E-state index contributed by atoms with van der Waals surface area (Å²) in [6, 6.07) is 5.03. The fourth-order valence-corrected chi connectivity index (χ4v) is 3.06. The number of imide groups is 1. The molecule has 0 bridgehead atoms. The van der Waals surface area contributed by atoms with Crippen molar-refractivity contribution < 1.29 is 28.6 Å². The third kappa shape index (κ3) is 4.54. The van der Waals surface area contributed by atoms with Crippen LogP contribution in [0.5, 0.6) is 11.5 Å². The predicted molar refractivity (Wildman–Crippen MR) is 93.5 cm³/mol. The Hall–Kier alpha value is -2.48. The number of nitrogens with zero attached hydrogens (tertiary/aromatic N) is 1. The predicted octanol–water partition coefficient (Wildman–Crippen LogP) is 2.69. The highest BCUT2D eigenvalue weighted by molar-refractivity contribution is 8.18. The molecule has 2 amide bonds. The van der Waals surface area contributed by atoms with Crippen molar-refractivity contribution in [1.82, 2.24) is 4.90 Å². The number of hydrogen-bond donors (Lipinski definition) is 0. The van der Waals surface area contributed by atoms with Crippen LogP contribution in [0.15, 0.2) is 23.1 Å². The van der Waals surface area contributed by atoms with E-state index < -0.39 is 5.97 Å². The van der Waals surface area contributed by atoms with Gasteiger partial charge in [-0.15, -0.1) is 0 Å². The number of hydrogen-bond acceptors (Lipinski definition) is 7. The lowest BCUT2D eigenvalue weighted by atomic mass is 10.2. The van der Waals surface area contributed by atoms with Gasteiger partial charge >= 0.3 is 5.97 Å². The number of ether oxygens (including phenoxy) is 3. The van der Waals surface area contributed by atoms with E-state index in [0.717, 1.165) is 11.8 Å². The molecule has 1 fully saturated rings. The number of rotatable bonds is 7. The zero-order valence-electron chi connectivity index (χ0n) is 14.2. The molecular weight excluding hydrogens is 346 g/mol. The minimum Gasteiger partial charge on any atom is -0.493 e. The molecule has 1 saturated heterocycles. The summed E-state index contributed by atoms with van der Waals surface area (Å²) in [5, 5.41) is -0.286. The van der Waals surface area contributed by atoms with Gasteiger partial charge in [0.2, 0.25) is 0 Å². The van der Waals surface area contributed by atoms with Gasteiger partial charge in [-0.05, 0) is 49.4 Å². The van der Waals surface area contributed by atoms with Crippen molar-refractivity contribution in [2.24, 2.45) is 0 Å². The number of methoxy groups -OCH3 is 1. The Morgan fingerprint density at radius 2 is 2.00 bits per heavy atom. The molecule has 8 heteroatoms. The van der Waals surface area contributed by atoms with Gasteiger partial charge in [0.15, 0.2) is 18.1 Å². The number of carbonyl (C=O) groups excluding carboxylic acids is 3. The molecule has 0 N–H and O–H groups in total. The minimum atomic E-state index is -0.487. The lowest BCUT2D eigenvalue weighted by Crippen LogP contribution is -2.27. The first-order valence-corrected chi connectivity index (χ1v) is 8.53. The van der Waals surface area contributed by atoms with Gasteiger partial charge in [-0.25, -0.2) is 4.79 Å². The highest BCUT2D eigenvalue weighted by atomic mass is 32.2. The Bertz CT molecular complexity index is 715. The summed E-state index contributed by atoms with van der Waals surface area (Å²) >= 11 is 0.894.